The number of aryl methyl sites for hydroxylation is 1. The molecule has 19 heavy (non-hydrogen) atoms. The van der Waals surface area contributed by atoms with Crippen LogP contribution in [-0.2, 0) is 16.3 Å². The molecule has 0 aliphatic rings. The van der Waals surface area contributed by atoms with Gasteiger partial charge >= 0.3 is 0 Å². The number of rotatable bonds is 4. The molecular formula is C13H13ClN2O2S. The van der Waals surface area contributed by atoms with Gasteiger partial charge in [-0.3, -0.25) is 4.98 Å². The number of hydrogen-bond donors (Lipinski definition) is 1. The Bertz CT molecular complexity index is 672. The van der Waals surface area contributed by atoms with Crippen molar-refractivity contribution in [3.63, 3.8) is 0 Å². The van der Waals surface area contributed by atoms with Crippen molar-refractivity contribution in [3.05, 3.63) is 53.3 Å². The molecule has 0 spiro atoms. The number of hydrogen-bond acceptors (Lipinski definition) is 4. The standard InChI is InChI=1S/C13H13ClN2O2S/c14-12-9-11(4-5-13(12)15)19(17,18)8-6-10-3-1-2-7-16-10/h1-5,7,9H,6,8,15H2. The lowest BCUT2D eigenvalue weighted by Crippen LogP contribution is -2.10. The van der Waals surface area contributed by atoms with E-state index in [1.165, 1.54) is 18.2 Å². The van der Waals surface area contributed by atoms with E-state index in [-0.39, 0.29) is 15.7 Å². The van der Waals surface area contributed by atoms with Gasteiger partial charge in [-0.1, -0.05) is 17.7 Å². The lowest BCUT2D eigenvalue weighted by atomic mass is 10.3. The maximum atomic E-state index is 12.1. The Morgan fingerprint density at radius 1 is 1.21 bits per heavy atom. The summed E-state index contributed by atoms with van der Waals surface area (Å²) in [7, 11) is -3.38. The number of nitrogen functional groups attached to an aromatic ring is 1. The third kappa shape index (κ3) is 3.45. The second-order valence-electron chi connectivity index (χ2n) is 4.07. The van der Waals surface area contributed by atoms with Gasteiger partial charge < -0.3 is 5.73 Å². The second kappa shape index (κ2) is 5.59. The fourth-order valence-electron chi connectivity index (χ4n) is 1.60. The largest absolute Gasteiger partial charge is 0.398 e. The molecule has 0 aliphatic carbocycles. The number of nitrogens with zero attached hydrogens (tertiary/aromatic N) is 1. The van der Waals surface area contributed by atoms with Gasteiger partial charge in [0.25, 0.3) is 0 Å². The van der Waals surface area contributed by atoms with Crippen LogP contribution < -0.4 is 5.73 Å². The average molecular weight is 297 g/mol. The van der Waals surface area contributed by atoms with E-state index in [0.717, 1.165) is 5.69 Å². The predicted molar refractivity (Wildman–Crippen MR) is 75.9 cm³/mol. The molecule has 4 nitrogen and oxygen atoms in total. The van der Waals surface area contributed by atoms with Gasteiger partial charge in [-0.25, -0.2) is 8.42 Å². The molecule has 1 heterocycles. The molecular weight excluding hydrogens is 284 g/mol. The normalized spacial score (nSPS) is 11.4. The van der Waals surface area contributed by atoms with Gasteiger partial charge in [0.1, 0.15) is 0 Å². The van der Waals surface area contributed by atoms with Crippen LogP contribution in [0.1, 0.15) is 5.69 Å². The number of anilines is 1. The van der Waals surface area contributed by atoms with Crippen molar-refractivity contribution in [3.8, 4) is 0 Å². The molecule has 1 aromatic carbocycles. The van der Waals surface area contributed by atoms with Crippen molar-refractivity contribution in [1.29, 1.82) is 0 Å². The number of pyridine rings is 1. The van der Waals surface area contributed by atoms with Crippen LogP contribution in [0.2, 0.25) is 5.02 Å². The van der Waals surface area contributed by atoms with Gasteiger partial charge in [0.05, 0.1) is 21.4 Å². The van der Waals surface area contributed by atoms with Gasteiger partial charge in [0.2, 0.25) is 0 Å². The summed E-state index contributed by atoms with van der Waals surface area (Å²) in [4.78, 5) is 4.28. The highest BCUT2D eigenvalue weighted by Crippen LogP contribution is 2.23. The van der Waals surface area contributed by atoms with E-state index in [4.69, 9.17) is 17.3 Å². The van der Waals surface area contributed by atoms with Crippen LogP contribution in [0.25, 0.3) is 0 Å². The number of benzene rings is 1. The van der Waals surface area contributed by atoms with Gasteiger partial charge in [-0.2, -0.15) is 0 Å². The Kier molecular flexibility index (Phi) is 4.07. The molecule has 0 atom stereocenters. The molecule has 6 heteroatoms. The molecule has 0 bridgehead atoms. The Hall–Kier alpha value is -1.59. The first-order valence-electron chi connectivity index (χ1n) is 5.67. The maximum absolute atomic E-state index is 12.1. The molecule has 0 saturated carbocycles. The SMILES string of the molecule is Nc1ccc(S(=O)(=O)CCc2ccccn2)cc1Cl. The fourth-order valence-corrected chi connectivity index (χ4v) is 3.14. The van der Waals surface area contributed by atoms with Crippen LogP contribution in [-0.4, -0.2) is 19.2 Å². The zero-order valence-electron chi connectivity index (χ0n) is 10.1. The Labute approximate surface area is 117 Å². The molecule has 2 aromatic rings. The van der Waals surface area contributed by atoms with E-state index in [2.05, 4.69) is 4.98 Å². The van der Waals surface area contributed by atoms with E-state index in [9.17, 15) is 8.42 Å². The predicted octanol–water partition coefficient (Wildman–Crippen LogP) is 2.33. The van der Waals surface area contributed by atoms with Crippen LogP contribution in [0.4, 0.5) is 5.69 Å². The third-order valence-corrected chi connectivity index (χ3v) is 4.73. The lowest BCUT2D eigenvalue weighted by Gasteiger charge is -2.06. The molecule has 0 saturated heterocycles. The molecule has 0 unspecified atom stereocenters. The first kappa shape index (κ1) is 13.8. The summed E-state index contributed by atoms with van der Waals surface area (Å²) in [5, 5.41) is 0.249. The number of nitrogens with two attached hydrogens (primary N) is 1. The summed E-state index contributed by atoms with van der Waals surface area (Å²) >= 11 is 5.84. The molecule has 0 radical (unpaired) electrons. The van der Waals surface area contributed by atoms with Crippen molar-refractivity contribution >= 4 is 27.1 Å². The van der Waals surface area contributed by atoms with Gasteiger partial charge in [0, 0.05) is 18.3 Å². The van der Waals surface area contributed by atoms with Crippen LogP contribution >= 0.6 is 11.6 Å². The minimum atomic E-state index is -3.38. The topological polar surface area (TPSA) is 73.1 Å². The highest BCUT2D eigenvalue weighted by Gasteiger charge is 2.15. The lowest BCUT2D eigenvalue weighted by molar-refractivity contribution is 0.595. The van der Waals surface area contributed by atoms with E-state index < -0.39 is 9.84 Å². The van der Waals surface area contributed by atoms with Crippen LogP contribution in [0.15, 0.2) is 47.5 Å². The van der Waals surface area contributed by atoms with Crippen molar-refractivity contribution in [2.24, 2.45) is 0 Å². The molecule has 0 aliphatic heterocycles. The maximum Gasteiger partial charge on any atom is 0.178 e. The molecule has 100 valence electrons. The molecule has 1 aromatic heterocycles. The molecule has 0 fully saturated rings. The van der Waals surface area contributed by atoms with Crippen LogP contribution in [0.5, 0.6) is 0 Å². The quantitative estimate of drug-likeness (QED) is 0.879. The first-order chi connectivity index (χ1) is 8.99. The van der Waals surface area contributed by atoms with Crippen molar-refractivity contribution in [2.45, 2.75) is 11.3 Å². The monoisotopic (exact) mass is 296 g/mol. The zero-order valence-corrected chi connectivity index (χ0v) is 11.7. The summed E-state index contributed by atoms with van der Waals surface area (Å²) < 4.78 is 24.3. The van der Waals surface area contributed by atoms with Crippen LogP contribution in [0.3, 0.4) is 0 Å². The van der Waals surface area contributed by atoms with E-state index in [1.54, 1.807) is 18.3 Å². The van der Waals surface area contributed by atoms with Crippen LogP contribution in [0, 0.1) is 0 Å². The summed E-state index contributed by atoms with van der Waals surface area (Å²) in [6.07, 6.45) is 2.01. The summed E-state index contributed by atoms with van der Waals surface area (Å²) in [5.74, 6) is -0.00966. The molecule has 2 N–H and O–H groups in total. The van der Waals surface area contributed by atoms with Gasteiger partial charge in [-0.15, -0.1) is 0 Å². The van der Waals surface area contributed by atoms with Crippen molar-refractivity contribution in [1.82, 2.24) is 4.98 Å². The van der Waals surface area contributed by atoms with E-state index in [0.29, 0.717) is 12.1 Å². The Balaban J connectivity index is 2.16. The van der Waals surface area contributed by atoms with Crippen molar-refractivity contribution in [2.75, 3.05) is 11.5 Å². The van der Waals surface area contributed by atoms with Gasteiger partial charge in [-0.05, 0) is 30.3 Å². The van der Waals surface area contributed by atoms with Gasteiger partial charge in [0.15, 0.2) is 9.84 Å². The average Bonchev–Trinajstić information content (AvgIpc) is 2.41. The Morgan fingerprint density at radius 3 is 2.63 bits per heavy atom. The first-order valence-corrected chi connectivity index (χ1v) is 7.70. The summed E-state index contributed by atoms with van der Waals surface area (Å²) in [5.41, 5.74) is 6.67. The highest BCUT2D eigenvalue weighted by atomic mass is 35.5. The molecule has 0 amide bonds. The zero-order chi connectivity index (χ0) is 13.9. The highest BCUT2D eigenvalue weighted by molar-refractivity contribution is 7.91. The molecule has 2 rings (SSSR count). The third-order valence-electron chi connectivity index (χ3n) is 2.68. The fraction of sp³-hybridized carbons (Fsp3) is 0.154. The second-order valence-corrected chi connectivity index (χ2v) is 6.59. The van der Waals surface area contributed by atoms with Crippen molar-refractivity contribution < 1.29 is 8.42 Å². The number of sulfone groups is 1. The number of halogens is 1. The smallest absolute Gasteiger partial charge is 0.178 e. The van der Waals surface area contributed by atoms with E-state index >= 15 is 0 Å². The Morgan fingerprint density at radius 2 is 2.00 bits per heavy atom. The summed E-state index contributed by atoms with van der Waals surface area (Å²) in [6.45, 7) is 0. The number of aromatic nitrogens is 1. The summed E-state index contributed by atoms with van der Waals surface area (Å²) in [6, 6.07) is 9.76. The minimum Gasteiger partial charge on any atom is -0.398 e. The van der Waals surface area contributed by atoms with E-state index in [1.807, 2.05) is 6.07 Å². The minimum absolute atomic E-state index is 0.00966.